The zero-order valence-electron chi connectivity index (χ0n) is 31.2. The second-order valence-corrected chi connectivity index (χ2v) is 17.0. The maximum atomic E-state index is 6.91. The van der Waals surface area contributed by atoms with E-state index >= 15 is 0 Å². The second kappa shape index (κ2) is 13.3. The zero-order chi connectivity index (χ0) is 38.2. The van der Waals surface area contributed by atoms with E-state index < -0.39 is 0 Å². The van der Waals surface area contributed by atoms with E-state index in [0.29, 0.717) is 0 Å². The number of para-hydroxylation sites is 1. The van der Waals surface area contributed by atoms with E-state index in [2.05, 4.69) is 205 Å². The average molecular weight is 776 g/mol. The number of hydrogen-bond donors (Lipinski definition) is 0. The van der Waals surface area contributed by atoms with Crippen molar-refractivity contribution in [2.24, 2.45) is 0 Å². The monoisotopic (exact) mass is 775 g/mol. The first-order valence-corrected chi connectivity index (χ1v) is 21.2. The molecule has 3 heterocycles. The lowest BCUT2D eigenvalue weighted by Gasteiger charge is -2.29. The summed E-state index contributed by atoms with van der Waals surface area (Å²) in [6.07, 6.45) is 0. The molecule has 0 aliphatic carbocycles. The summed E-state index contributed by atoms with van der Waals surface area (Å²) in [5, 5.41) is 7.18. The van der Waals surface area contributed by atoms with Crippen LogP contribution in [0.5, 0.6) is 0 Å². The molecule has 0 saturated heterocycles. The third-order valence-electron chi connectivity index (χ3n) is 11.5. The molecule has 0 atom stereocenters. The molecule has 12 aromatic rings. The lowest BCUT2D eigenvalue weighted by Crippen LogP contribution is -2.11. The molecule has 0 unspecified atom stereocenters. The molecule has 2 nitrogen and oxygen atoms in total. The summed E-state index contributed by atoms with van der Waals surface area (Å²) in [5.41, 5.74) is 12.1. The van der Waals surface area contributed by atoms with Crippen LogP contribution in [0.4, 0.5) is 17.1 Å². The molecule has 0 aliphatic heterocycles. The predicted octanol–water partition coefficient (Wildman–Crippen LogP) is 16.8. The fourth-order valence-electron chi connectivity index (χ4n) is 8.84. The number of anilines is 3. The lowest BCUT2D eigenvalue weighted by atomic mass is 9.97. The summed E-state index contributed by atoms with van der Waals surface area (Å²) >= 11 is 3.73. The van der Waals surface area contributed by atoms with Crippen LogP contribution in [-0.2, 0) is 0 Å². The van der Waals surface area contributed by atoms with Gasteiger partial charge in [0, 0.05) is 51.3 Å². The predicted molar refractivity (Wildman–Crippen MR) is 250 cm³/mol. The van der Waals surface area contributed by atoms with Crippen LogP contribution < -0.4 is 4.90 Å². The van der Waals surface area contributed by atoms with Gasteiger partial charge in [-0.1, -0.05) is 146 Å². The molecule has 0 bridgehead atoms. The molecule has 0 spiro atoms. The second-order valence-electron chi connectivity index (χ2n) is 14.8. The number of fused-ring (bicyclic) bond motifs is 9. The number of hydrogen-bond acceptors (Lipinski definition) is 4. The third-order valence-corrected chi connectivity index (χ3v) is 13.7. The van der Waals surface area contributed by atoms with Crippen molar-refractivity contribution in [3.05, 3.63) is 200 Å². The summed E-state index contributed by atoms with van der Waals surface area (Å²) in [6, 6.07) is 72.6. The van der Waals surface area contributed by atoms with Crippen molar-refractivity contribution < 1.29 is 4.42 Å². The first kappa shape index (κ1) is 33.2. The van der Waals surface area contributed by atoms with Crippen molar-refractivity contribution in [2.45, 2.75) is 0 Å². The largest absolute Gasteiger partial charge is 0.455 e. The molecular formula is C54H33NOS2. The van der Waals surface area contributed by atoms with Gasteiger partial charge >= 0.3 is 0 Å². The number of thiophene rings is 2. The Morgan fingerprint density at radius 1 is 0.328 bits per heavy atom. The highest BCUT2D eigenvalue weighted by Crippen LogP contribution is 2.53. The molecule has 0 amide bonds. The Labute approximate surface area is 343 Å². The average Bonchev–Trinajstić information content (AvgIpc) is 3.99. The van der Waals surface area contributed by atoms with Crippen LogP contribution in [0.3, 0.4) is 0 Å². The fraction of sp³-hybridized carbons (Fsp3) is 0. The van der Waals surface area contributed by atoms with Gasteiger partial charge in [0.15, 0.2) is 0 Å². The molecule has 0 N–H and O–H groups in total. The van der Waals surface area contributed by atoms with Gasteiger partial charge in [-0.15, -0.1) is 22.7 Å². The standard InChI is InChI=1S/C54H33NOS2/c1-4-15-34(16-5-1)37-27-28-42-49(32-37)58-50-33-38(35-17-6-2-7-18-35)31-45(52(42)50)55(43-23-14-26-48-51(43)41-22-11-13-25-47(41)57-48)44-30-29-39(36-19-8-3-9-20-36)54-53(44)40-21-10-12-24-46(40)56-54/h1-33H. The third kappa shape index (κ3) is 5.23. The minimum absolute atomic E-state index is 0.874. The van der Waals surface area contributed by atoms with Crippen molar-refractivity contribution in [1.29, 1.82) is 0 Å². The van der Waals surface area contributed by atoms with Crippen LogP contribution in [0.2, 0.25) is 0 Å². The Balaban J connectivity index is 1.24. The fourth-order valence-corrected chi connectivity index (χ4v) is 11.2. The Hall–Kier alpha value is -6.98. The van der Waals surface area contributed by atoms with Gasteiger partial charge in [-0.05, 0) is 82.4 Å². The number of furan rings is 1. The van der Waals surface area contributed by atoms with Gasteiger partial charge in [0.1, 0.15) is 11.2 Å². The molecule has 4 heteroatoms. The highest BCUT2D eigenvalue weighted by molar-refractivity contribution is 7.26. The van der Waals surface area contributed by atoms with Crippen molar-refractivity contribution in [1.82, 2.24) is 0 Å². The summed E-state index contributed by atoms with van der Waals surface area (Å²) in [5.74, 6) is 0. The van der Waals surface area contributed by atoms with E-state index in [0.717, 1.165) is 50.1 Å². The van der Waals surface area contributed by atoms with E-state index in [1.165, 1.54) is 62.6 Å². The molecular weight excluding hydrogens is 743 g/mol. The molecule has 0 aliphatic rings. The van der Waals surface area contributed by atoms with Crippen molar-refractivity contribution in [3.63, 3.8) is 0 Å². The van der Waals surface area contributed by atoms with E-state index in [1.807, 2.05) is 22.7 Å². The molecule has 0 fully saturated rings. The molecule has 58 heavy (non-hydrogen) atoms. The zero-order valence-corrected chi connectivity index (χ0v) is 32.9. The smallest absolute Gasteiger partial charge is 0.145 e. The summed E-state index contributed by atoms with van der Waals surface area (Å²) in [7, 11) is 0. The van der Waals surface area contributed by atoms with E-state index in [1.54, 1.807) is 0 Å². The van der Waals surface area contributed by atoms with Crippen LogP contribution in [0.15, 0.2) is 205 Å². The number of nitrogens with zero attached hydrogens (tertiary/aromatic N) is 1. The minimum atomic E-state index is 0.874. The molecule has 12 rings (SSSR count). The van der Waals surface area contributed by atoms with Crippen molar-refractivity contribution in [3.8, 4) is 33.4 Å². The van der Waals surface area contributed by atoms with Crippen molar-refractivity contribution in [2.75, 3.05) is 4.90 Å². The van der Waals surface area contributed by atoms with Gasteiger partial charge < -0.3 is 9.32 Å². The minimum Gasteiger partial charge on any atom is -0.455 e. The summed E-state index contributed by atoms with van der Waals surface area (Å²) in [4.78, 5) is 2.55. The summed E-state index contributed by atoms with van der Waals surface area (Å²) < 4.78 is 12.0. The lowest BCUT2D eigenvalue weighted by molar-refractivity contribution is 0.670. The van der Waals surface area contributed by atoms with Crippen LogP contribution in [-0.4, -0.2) is 0 Å². The van der Waals surface area contributed by atoms with E-state index in [-0.39, 0.29) is 0 Å². The van der Waals surface area contributed by atoms with Gasteiger partial charge in [-0.2, -0.15) is 0 Å². The highest BCUT2D eigenvalue weighted by atomic mass is 32.1. The van der Waals surface area contributed by atoms with Crippen LogP contribution in [0.25, 0.3) is 95.7 Å². The van der Waals surface area contributed by atoms with Gasteiger partial charge in [0.2, 0.25) is 0 Å². The van der Waals surface area contributed by atoms with Crippen LogP contribution in [0.1, 0.15) is 0 Å². The van der Waals surface area contributed by atoms with Crippen molar-refractivity contribution >= 4 is 102 Å². The van der Waals surface area contributed by atoms with Crippen LogP contribution in [0, 0.1) is 0 Å². The van der Waals surface area contributed by atoms with Crippen LogP contribution >= 0.6 is 22.7 Å². The molecule has 0 saturated carbocycles. The Morgan fingerprint density at radius 3 is 1.71 bits per heavy atom. The Morgan fingerprint density at radius 2 is 0.914 bits per heavy atom. The number of rotatable bonds is 6. The van der Waals surface area contributed by atoms with Gasteiger partial charge in [-0.25, -0.2) is 0 Å². The highest BCUT2D eigenvalue weighted by Gasteiger charge is 2.27. The SMILES string of the molecule is c1ccc(-c2ccc3c(c2)sc2cc(-c4ccccc4)cc(N(c4cccc5sc6ccccc6c45)c4ccc(-c5ccccc5)c5oc6ccccc6c45)c23)cc1. The molecule has 272 valence electrons. The van der Waals surface area contributed by atoms with E-state index in [9.17, 15) is 0 Å². The topological polar surface area (TPSA) is 16.4 Å². The maximum absolute atomic E-state index is 6.91. The Bertz CT molecular complexity index is 3510. The maximum Gasteiger partial charge on any atom is 0.145 e. The molecule has 3 aromatic heterocycles. The first-order valence-electron chi connectivity index (χ1n) is 19.6. The number of benzene rings is 9. The normalized spacial score (nSPS) is 11.8. The quantitative estimate of drug-likeness (QED) is 0.167. The van der Waals surface area contributed by atoms with E-state index in [4.69, 9.17) is 4.42 Å². The summed E-state index contributed by atoms with van der Waals surface area (Å²) in [6.45, 7) is 0. The molecule has 0 radical (unpaired) electrons. The van der Waals surface area contributed by atoms with Gasteiger partial charge in [-0.3, -0.25) is 0 Å². The first-order chi connectivity index (χ1) is 28.8. The van der Waals surface area contributed by atoms with Gasteiger partial charge in [0.25, 0.3) is 0 Å². The Kier molecular flexibility index (Phi) is 7.62. The molecule has 9 aromatic carbocycles. The van der Waals surface area contributed by atoms with Gasteiger partial charge in [0.05, 0.1) is 22.4 Å².